The maximum atomic E-state index is 12.6. The molecule has 0 bridgehead atoms. The molecular weight excluding hydrogens is 364 g/mol. The summed E-state index contributed by atoms with van der Waals surface area (Å²) in [4.78, 5) is 25.2. The second-order valence-corrected chi connectivity index (χ2v) is 8.03. The summed E-state index contributed by atoms with van der Waals surface area (Å²) >= 11 is 0. The third-order valence-corrected chi connectivity index (χ3v) is 6.32. The Kier molecular flexibility index (Phi) is 4.89. The maximum absolute atomic E-state index is 12.6. The van der Waals surface area contributed by atoms with Gasteiger partial charge in [0.2, 0.25) is 0 Å². The maximum Gasteiger partial charge on any atom is 0.257 e. The Hall–Kier alpha value is -2.93. The highest BCUT2D eigenvalue weighted by Crippen LogP contribution is 2.39. The molecule has 29 heavy (non-hydrogen) atoms. The summed E-state index contributed by atoms with van der Waals surface area (Å²) in [6.07, 6.45) is 8.11. The first-order valence-corrected chi connectivity index (χ1v) is 10.4. The highest BCUT2D eigenvalue weighted by Gasteiger charge is 2.38. The van der Waals surface area contributed by atoms with E-state index in [2.05, 4.69) is 50.4 Å². The molecule has 1 fully saturated rings. The van der Waals surface area contributed by atoms with E-state index >= 15 is 0 Å². The molecule has 1 aromatic carbocycles. The number of nitrogens with one attached hydrogen (secondary N) is 2. The van der Waals surface area contributed by atoms with Gasteiger partial charge in [0.05, 0.1) is 29.8 Å². The van der Waals surface area contributed by atoms with Gasteiger partial charge in [-0.2, -0.15) is 5.10 Å². The number of hydrogen-bond acceptors (Lipinski definition) is 4. The molecule has 5 rings (SSSR count). The van der Waals surface area contributed by atoms with Crippen molar-refractivity contribution in [1.29, 1.82) is 0 Å². The van der Waals surface area contributed by atoms with Crippen LogP contribution in [-0.4, -0.2) is 55.5 Å². The lowest BCUT2D eigenvalue weighted by Gasteiger charge is -2.43. The summed E-state index contributed by atoms with van der Waals surface area (Å²) in [7, 11) is 0. The first-order chi connectivity index (χ1) is 14.3. The minimum absolute atomic E-state index is 0.0717. The molecule has 7 heteroatoms. The lowest BCUT2D eigenvalue weighted by Crippen LogP contribution is -2.45. The molecule has 2 N–H and O–H groups in total. The Balaban J connectivity index is 1.33. The van der Waals surface area contributed by atoms with Crippen molar-refractivity contribution in [3.63, 3.8) is 0 Å². The molecule has 1 amide bonds. The van der Waals surface area contributed by atoms with Gasteiger partial charge in [-0.3, -0.25) is 14.8 Å². The molecule has 0 saturated carbocycles. The molecule has 0 aliphatic carbocycles. The van der Waals surface area contributed by atoms with Gasteiger partial charge in [-0.05, 0) is 24.3 Å². The largest absolute Gasteiger partial charge is 0.348 e. The van der Waals surface area contributed by atoms with E-state index in [1.54, 1.807) is 12.4 Å². The molecule has 3 aromatic rings. The lowest BCUT2D eigenvalue weighted by atomic mass is 9.83. The van der Waals surface area contributed by atoms with Crippen molar-refractivity contribution < 1.29 is 4.79 Å². The molecule has 7 nitrogen and oxygen atoms in total. The Morgan fingerprint density at radius 2 is 1.97 bits per heavy atom. The fourth-order valence-electron chi connectivity index (χ4n) is 4.84. The zero-order valence-corrected chi connectivity index (χ0v) is 16.4. The molecule has 2 aliphatic rings. The highest BCUT2D eigenvalue weighted by atomic mass is 16.2. The van der Waals surface area contributed by atoms with Crippen LogP contribution < -0.4 is 0 Å². The van der Waals surface area contributed by atoms with Gasteiger partial charge in [-0.25, -0.2) is 4.98 Å². The van der Waals surface area contributed by atoms with Crippen molar-refractivity contribution >= 4 is 5.91 Å². The molecule has 150 valence electrons. The molecule has 2 aliphatic heterocycles. The summed E-state index contributed by atoms with van der Waals surface area (Å²) < 4.78 is 0. The number of fused-ring (bicyclic) bond motifs is 1. The number of amides is 1. The average molecular weight is 390 g/mol. The number of benzene rings is 1. The monoisotopic (exact) mass is 390 g/mol. The number of carbonyl (C=O) groups is 1. The van der Waals surface area contributed by atoms with Crippen LogP contribution in [0.4, 0.5) is 0 Å². The Bertz CT molecular complexity index is 943. The second-order valence-electron chi connectivity index (χ2n) is 8.03. The van der Waals surface area contributed by atoms with Crippen LogP contribution in [0.15, 0.2) is 49.1 Å². The van der Waals surface area contributed by atoms with Gasteiger partial charge in [-0.1, -0.05) is 30.3 Å². The SMILES string of the molecule is O=C(c1cn[nH]c1)N1CCC(C2c3nc[nH]c3CCN2Cc2ccccc2)CC1. The van der Waals surface area contributed by atoms with Crippen molar-refractivity contribution in [2.45, 2.75) is 31.8 Å². The predicted octanol–water partition coefficient (Wildman–Crippen LogP) is 2.78. The molecule has 4 heterocycles. The zero-order valence-electron chi connectivity index (χ0n) is 16.4. The fraction of sp³-hybridized carbons (Fsp3) is 0.409. The summed E-state index contributed by atoms with van der Waals surface area (Å²) in [5.74, 6) is 0.567. The topological polar surface area (TPSA) is 80.9 Å². The van der Waals surface area contributed by atoms with Gasteiger partial charge >= 0.3 is 0 Å². The molecule has 0 radical (unpaired) electrons. The molecule has 1 saturated heterocycles. The Morgan fingerprint density at radius 1 is 1.14 bits per heavy atom. The van der Waals surface area contributed by atoms with Crippen LogP contribution in [0.3, 0.4) is 0 Å². The van der Waals surface area contributed by atoms with Crippen LogP contribution in [0.1, 0.15) is 46.2 Å². The lowest BCUT2D eigenvalue weighted by molar-refractivity contribution is 0.0529. The third kappa shape index (κ3) is 3.58. The van der Waals surface area contributed by atoms with Crippen LogP contribution in [-0.2, 0) is 13.0 Å². The normalized spacial score (nSPS) is 20.6. The molecule has 0 spiro atoms. The van der Waals surface area contributed by atoms with E-state index in [-0.39, 0.29) is 5.91 Å². The van der Waals surface area contributed by atoms with Gasteiger partial charge in [-0.15, -0.1) is 0 Å². The Morgan fingerprint density at radius 3 is 2.72 bits per heavy atom. The van der Waals surface area contributed by atoms with Crippen molar-refractivity contribution in [2.24, 2.45) is 5.92 Å². The van der Waals surface area contributed by atoms with Crippen LogP contribution in [0.2, 0.25) is 0 Å². The summed E-state index contributed by atoms with van der Waals surface area (Å²) in [5.41, 5.74) is 4.45. The number of likely N-dealkylation sites (tertiary alicyclic amines) is 1. The number of nitrogens with zero attached hydrogens (tertiary/aromatic N) is 4. The smallest absolute Gasteiger partial charge is 0.257 e. The standard InChI is InChI=1S/C22H26N6O/c29-22(18-12-25-26-13-18)27-9-6-17(7-10-27)21-20-19(23-15-24-20)8-11-28(21)14-16-4-2-1-3-5-16/h1-5,12-13,15,17,21H,6-11,14H2,(H,23,24)(H,25,26). The quantitative estimate of drug-likeness (QED) is 0.718. The number of rotatable bonds is 4. The average Bonchev–Trinajstić information content (AvgIpc) is 3.46. The Labute approximate surface area is 170 Å². The number of aromatic nitrogens is 4. The number of aromatic amines is 2. The molecular formula is C22H26N6O. The molecule has 2 aromatic heterocycles. The number of carbonyl (C=O) groups excluding carboxylic acids is 1. The van der Waals surface area contributed by atoms with E-state index in [1.807, 2.05) is 11.2 Å². The van der Waals surface area contributed by atoms with Gasteiger partial charge in [0.25, 0.3) is 5.91 Å². The second kappa shape index (κ2) is 7.83. The minimum atomic E-state index is 0.0717. The van der Waals surface area contributed by atoms with E-state index in [0.717, 1.165) is 45.4 Å². The summed E-state index contributed by atoms with van der Waals surface area (Å²) in [5, 5.41) is 6.64. The van der Waals surface area contributed by atoms with Crippen LogP contribution >= 0.6 is 0 Å². The number of hydrogen-bond donors (Lipinski definition) is 2. The number of imidazole rings is 1. The van der Waals surface area contributed by atoms with E-state index < -0.39 is 0 Å². The van der Waals surface area contributed by atoms with E-state index in [1.165, 1.54) is 17.0 Å². The highest BCUT2D eigenvalue weighted by molar-refractivity contribution is 5.93. The van der Waals surface area contributed by atoms with Gasteiger partial charge in [0.15, 0.2) is 0 Å². The molecule has 1 atom stereocenters. The zero-order chi connectivity index (χ0) is 19.6. The van der Waals surface area contributed by atoms with E-state index in [0.29, 0.717) is 17.5 Å². The van der Waals surface area contributed by atoms with E-state index in [4.69, 9.17) is 4.98 Å². The van der Waals surface area contributed by atoms with Gasteiger partial charge in [0, 0.05) is 44.5 Å². The van der Waals surface area contributed by atoms with Gasteiger partial charge < -0.3 is 9.88 Å². The fourth-order valence-corrected chi connectivity index (χ4v) is 4.84. The van der Waals surface area contributed by atoms with Crippen molar-refractivity contribution in [1.82, 2.24) is 30.0 Å². The predicted molar refractivity (Wildman–Crippen MR) is 109 cm³/mol. The molecule has 1 unspecified atom stereocenters. The first-order valence-electron chi connectivity index (χ1n) is 10.4. The van der Waals surface area contributed by atoms with Crippen LogP contribution in [0, 0.1) is 5.92 Å². The van der Waals surface area contributed by atoms with Crippen LogP contribution in [0.25, 0.3) is 0 Å². The number of H-pyrrole nitrogens is 2. The van der Waals surface area contributed by atoms with Crippen LogP contribution in [0.5, 0.6) is 0 Å². The van der Waals surface area contributed by atoms with Crippen molar-refractivity contribution in [3.8, 4) is 0 Å². The third-order valence-electron chi connectivity index (χ3n) is 6.32. The minimum Gasteiger partial charge on any atom is -0.348 e. The van der Waals surface area contributed by atoms with Crippen molar-refractivity contribution in [3.05, 3.63) is 71.6 Å². The number of piperidine rings is 1. The summed E-state index contributed by atoms with van der Waals surface area (Å²) in [6, 6.07) is 11.0. The van der Waals surface area contributed by atoms with Crippen molar-refractivity contribution in [2.75, 3.05) is 19.6 Å². The summed E-state index contributed by atoms with van der Waals surface area (Å²) in [6.45, 7) is 3.53. The van der Waals surface area contributed by atoms with Gasteiger partial charge in [0.1, 0.15) is 0 Å². The first kappa shape index (κ1) is 18.1. The van der Waals surface area contributed by atoms with E-state index in [9.17, 15) is 4.79 Å².